The van der Waals surface area contributed by atoms with Crippen LogP contribution in [0.15, 0.2) is 18.2 Å². The van der Waals surface area contributed by atoms with Crippen LogP contribution in [0.2, 0.25) is 0 Å². The van der Waals surface area contributed by atoms with Crippen LogP contribution in [0, 0.1) is 12.7 Å². The number of nitrogens with zero attached hydrogens (tertiary/aromatic N) is 1. The molecule has 1 aliphatic heterocycles. The lowest BCUT2D eigenvalue weighted by Gasteiger charge is -2.37. The van der Waals surface area contributed by atoms with E-state index in [9.17, 15) is 4.39 Å². The fraction of sp³-hybridized carbons (Fsp3) is 0.647. The van der Waals surface area contributed by atoms with Crippen molar-refractivity contribution in [2.45, 2.75) is 58.0 Å². The van der Waals surface area contributed by atoms with Gasteiger partial charge in [-0.05, 0) is 56.0 Å². The predicted molar refractivity (Wildman–Crippen MR) is 82.2 cm³/mol. The summed E-state index contributed by atoms with van der Waals surface area (Å²) in [5.41, 5.74) is 8.28. The highest BCUT2D eigenvalue weighted by molar-refractivity contribution is 5.30. The predicted octanol–water partition coefficient (Wildman–Crippen LogP) is 3.79. The molecule has 2 unspecified atom stereocenters. The highest BCUT2D eigenvalue weighted by Gasteiger charge is 2.27. The quantitative estimate of drug-likeness (QED) is 0.908. The van der Waals surface area contributed by atoms with Crippen molar-refractivity contribution >= 4 is 0 Å². The van der Waals surface area contributed by atoms with Crippen molar-refractivity contribution in [1.29, 1.82) is 0 Å². The molecule has 20 heavy (non-hydrogen) atoms. The van der Waals surface area contributed by atoms with E-state index in [1.54, 1.807) is 12.1 Å². The maximum Gasteiger partial charge on any atom is 0.123 e. The molecule has 1 fully saturated rings. The Morgan fingerprint density at radius 3 is 2.80 bits per heavy atom. The molecule has 0 aromatic heterocycles. The zero-order chi connectivity index (χ0) is 14.5. The summed E-state index contributed by atoms with van der Waals surface area (Å²) in [6, 6.07) is 5.93. The maximum absolute atomic E-state index is 13.3. The van der Waals surface area contributed by atoms with E-state index in [0.29, 0.717) is 12.6 Å². The SMILES string of the molecule is CCC1CCCCCN1C(CN)c1ccc(F)cc1C. The first-order chi connectivity index (χ1) is 9.67. The first-order valence-corrected chi connectivity index (χ1v) is 7.89. The van der Waals surface area contributed by atoms with Gasteiger partial charge in [-0.1, -0.05) is 25.8 Å². The minimum atomic E-state index is -0.162. The van der Waals surface area contributed by atoms with Gasteiger partial charge in [0.15, 0.2) is 0 Å². The topological polar surface area (TPSA) is 29.3 Å². The lowest BCUT2D eigenvalue weighted by molar-refractivity contribution is 0.135. The van der Waals surface area contributed by atoms with Gasteiger partial charge in [0.05, 0.1) is 0 Å². The fourth-order valence-electron chi connectivity index (χ4n) is 3.50. The van der Waals surface area contributed by atoms with Gasteiger partial charge in [0.1, 0.15) is 5.82 Å². The normalized spacial score (nSPS) is 22.5. The molecule has 2 nitrogen and oxygen atoms in total. The molecule has 0 amide bonds. The number of nitrogens with two attached hydrogens (primary N) is 1. The molecular weight excluding hydrogens is 251 g/mol. The standard InChI is InChI=1S/C17H27FN2/c1-3-15-7-5-4-6-10-20(15)17(12-19)16-9-8-14(18)11-13(16)2/h8-9,11,15,17H,3-7,10,12,19H2,1-2H3. The maximum atomic E-state index is 13.3. The summed E-state index contributed by atoms with van der Waals surface area (Å²) in [6.07, 6.45) is 6.29. The first-order valence-electron chi connectivity index (χ1n) is 7.89. The highest BCUT2D eigenvalue weighted by atomic mass is 19.1. The molecule has 0 spiro atoms. The van der Waals surface area contributed by atoms with E-state index in [1.807, 2.05) is 13.0 Å². The molecule has 1 aliphatic rings. The molecule has 112 valence electrons. The lowest BCUT2D eigenvalue weighted by Crippen LogP contribution is -2.41. The molecule has 1 saturated heterocycles. The second-order valence-electron chi connectivity index (χ2n) is 5.90. The van der Waals surface area contributed by atoms with Crippen molar-refractivity contribution in [3.8, 4) is 0 Å². The van der Waals surface area contributed by atoms with Gasteiger partial charge < -0.3 is 5.73 Å². The van der Waals surface area contributed by atoms with Gasteiger partial charge in [0, 0.05) is 18.6 Å². The number of hydrogen-bond acceptors (Lipinski definition) is 2. The number of likely N-dealkylation sites (tertiary alicyclic amines) is 1. The summed E-state index contributed by atoms with van der Waals surface area (Å²) >= 11 is 0. The van der Waals surface area contributed by atoms with Gasteiger partial charge in [0.25, 0.3) is 0 Å². The van der Waals surface area contributed by atoms with Crippen LogP contribution < -0.4 is 5.73 Å². The van der Waals surface area contributed by atoms with Crippen LogP contribution in [-0.4, -0.2) is 24.0 Å². The third kappa shape index (κ3) is 3.39. The van der Waals surface area contributed by atoms with Gasteiger partial charge in [-0.2, -0.15) is 0 Å². The molecule has 0 bridgehead atoms. The van der Waals surface area contributed by atoms with Crippen molar-refractivity contribution < 1.29 is 4.39 Å². The van der Waals surface area contributed by atoms with Crippen LogP contribution in [0.5, 0.6) is 0 Å². The molecule has 0 radical (unpaired) electrons. The summed E-state index contributed by atoms with van der Waals surface area (Å²) in [5.74, 6) is -0.162. The van der Waals surface area contributed by atoms with Crippen molar-refractivity contribution in [3.63, 3.8) is 0 Å². The Kier molecular flexibility index (Phi) is 5.55. The molecule has 1 aromatic carbocycles. The Balaban J connectivity index is 2.29. The van der Waals surface area contributed by atoms with Gasteiger partial charge in [0.2, 0.25) is 0 Å². The molecule has 3 heteroatoms. The van der Waals surface area contributed by atoms with Crippen molar-refractivity contribution in [2.24, 2.45) is 5.73 Å². The minimum Gasteiger partial charge on any atom is -0.329 e. The Morgan fingerprint density at radius 2 is 2.15 bits per heavy atom. The summed E-state index contributed by atoms with van der Waals surface area (Å²) in [4.78, 5) is 2.56. The average molecular weight is 278 g/mol. The summed E-state index contributed by atoms with van der Waals surface area (Å²) in [6.45, 7) is 5.95. The molecular formula is C17H27FN2. The van der Waals surface area contributed by atoms with E-state index < -0.39 is 0 Å². The summed E-state index contributed by atoms with van der Waals surface area (Å²) in [5, 5.41) is 0. The Labute approximate surface area is 122 Å². The summed E-state index contributed by atoms with van der Waals surface area (Å²) < 4.78 is 13.3. The molecule has 0 saturated carbocycles. The molecule has 2 N–H and O–H groups in total. The Morgan fingerprint density at radius 1 is 1.35 bits per heavy atom. The van der Waals surface area contributed by atoms with Gasteiger partial charge >= 0.3 is 0 Å². The second-order valence-corrected chi connectivity index (χ2v) is 5.90. The summed E-state index contributed by atoms with van der Waals surface area (Å²) in [7, 11) is 0. The van der Waals surface area contributed by atoms with Crippen LogP contribution in [0.25, 0.3) is 0 Å². The van der Waals surface area contributed by atoms with Crippen LogP contribution >= 0.6 is 0 Å². The van der Waals surface area contributed by atoms with E-state index in [1.165, 1.54) is 31.2 Å². The van der Waals surface area contributed by atoms with Crippen LogP contribution in [0.1, 0.15) is 56.2 Å². The van der Waals surface area contributed by atoms with Crippen molar-refractivity contribution in [2.75, 3.05) is 13.1 Å². The Bertz CT molecular complexity index is 433. The zero-order valence-corrected chi connectivity index (χ0v) is 12.7. The second kappa shape index (κ2) is 7.19. The van der Waals surface area contributed by atoms with Gasteiger partial charge in [-0.3, -0.25) is 4.90 Å². The van der Waals surface area contributed by atoms with E-state index in [2.05, 4.69) is 11.8 Å². The third-order valence-corrected chi connectivity index (χ3v) is 4.61. The molecule has 1 heterocycles. The van der Waals surface area contributed by atoms with Crippen LogP contribution in [-0.2, 0) is 0 Å². The first kappa shape index (κ1) is 15.5. The van der Waals surface area contributed by atoms with Gasteiger partial charge in [-0.15, -0.1) is 0 Å². The van der Waals surface area contributed by atoms with Gasteiger partial charge in [-0.25, -0.2) is 4.39 Å². The van der Waals surface area contributed by atoms with E-state index in [0.717, 1.165) is 18.5 Å². The number of benzene rings is 1. The molecule has 2 rings (SSSR count). The molecule has 2 atom stereocenters. The third-order valence-electron chi connectivity index (χ3n) is 4.61. The smallest absolute Gasteiger partial charge is 0.123 e. The largest absolute Gasteiger partial charge is 0.329 e. The number of halogens is 1. The number of rotatable bonds is 4. The zero-order valence-electron chi connectivity index (χ0n) is 12.7. The number of hydrogen-bond donors (Lipinski definition) is 1. The van der Waals surface area contributed by atoms with Crippen molar-refractivity contribution in [3.05, 3.63) is 35.1 Å². The van der Waals surface area contributed by atoms with E-state index >= 15 is 0 Å². The Hall–Kier alpha value is -0.930. The monoisotopic (exact) mass is 278 g/mol. The van der Waals surface area contributed by atoms with Crippen LogP contribution in [0.3, 0.4) is 0 Å². The average Bonchev–Trinajstić information content (AvgIpc) is 2.67. The molecule has 0 aliphatic carbocycles. The fourth-order valence-corrected chi connectivity index (χ4v) is 3.50. The van der Waals surface area contributed by atoms with E-state index in [4.69, 9.17) is 5.73 Å². The minimum absolute atomic E-state index is 0.162. The van der Waals surface area contributed by atoms with Crippen molar-refractivity contribution in [1.82, 2.24) is 4.90 Å². The number of aryl methyl sites for hydroxylation is 1. The molecule has 1 aromatic rings. The van der Waals surface area contributed by atoms with E-state index in [-0.39, 0.29) is 11.9 Å². The highest BCUT2D eigenvalue weighted by Crippen LogP contribution is 2.30. The lowest BCUT2D eigenvalue weighted by atomic mass is 9.97. The van der Waals surface area contributed by atoms with Crippen LogP contribution in [0.4, 0.5) is 4.39 Å².